The fourth-order valence-corrected chi connectivity index (χ4v) is 3.17. The number of carbonyl (C=O) groups is 1. The molecule has 1 aliphatic rings. The Bertz CT molecular complexity index is 973. The fraction of sp³-hybridized carbons (Fsp3) is 0.278. The normalized spacial score (nSPS) is 16.3. The zero-order chi connectivity index (χ0) is 20.1. The average Bonchev–Trinajstić information content (AvgIpc) is 3.29. The molecule has 1 atom stereocenters. The highest BCUT2D eigenvalue weighted by Gasteiger charge is 2.22. The van der Waals surface area contributed by atoms with Gasteiger partial charge in [-0.05, 0) is 48.4 Å². The van der Waals surface area contributed by atoms with Crippen LogP contribution in [0.2, 0.25) is 0 Å². The summed E-state index contributed by atoms with van der Waals surface area (Å²) in [5.74, 6) is 1.44. The Kier molecular flexibility index (Phi) is 5.36. The number of amides is 1. The number of aromatic nitrogens is 7. The predicted molar refractivity (Wildman–Crippen MR) is 106 cm³/mol. The van der Waals surface area contributed by atoms with Crippen molar-refractivity contribution in [3.05, 3.63) is 43.1 Å². The Morgan fingerprint density at radius 3 is 2.90 bits per heavy atom. The summed E-state index contributed by atoms with van der Waals surface area (Å²) in [6, 6.07) is 7.61. The molecular weight excluding hydrogens is 372 g/mol. The minimum Gasteiger partial charge on any atom is -0.348 e. The van der Waals surface area contributed by atoms with Crippen LogP contribution in [0.25, 0.3) is 11.4 Å². The Morgan fingerprint density at radius 1 is 1.28 bits per heavy atom. The lowest BCUT2D eigenvalue weighted by Crippen LogP contribution is -2.44. The SMILES string of the molecule is C=CC(=O)N1CCCC(Nc2nncc(Nc3ccc(-c4nn[nH]n4)cc3)n2)C1. The van der Waals surface area contributed by atoms with E-state index in [1.165, 1.54) is 6.08 Å². The zero-order valence-electron chi connectivity index (χ0n) is 15.6. The van der Waals surface area contributed by atoms with Crippen LogP contribution in [0.15, 0.2) is 43.1 Å². The second-order valence-electron chi connectivity index (χ2n) is 6.57. The van der Waals surface area contributed by atoms with Crippen LogP contribution >= 0.6 is 0 Å². The first kappa shape index (κ1) is 18.5. The van der Waals surface area contributed by atoms with Crippen LogP contribution in [0.5, 0.6) is 0 Å². The fourth-order valence-electron chi connectivity index (χ4n) is 3.17. The molecule has 1 saturated heterocycles. The lowest BCUT2D eigenvalue weighted by atomic mass is 10.1. The third-order valence-electron chi connectivity index (χ3n) is 4.56. The van der Waals surface area contributed by atoms with Crippen LogP contribution in [0.1, 0.15) is 12.8 Å². The molecule has 0 saturated carbocycles. The molecule has 1 fully saturated rings. The van der Waals surface area contributed by atoms with Gasteiger partial charge in [-0.25, -0.2) is 0 Å². The van der Waals surface area contributed by atoms with Crippen molar-refractivity contribution in [1.29, 1.82) is 0 Å². The topological polar surface area (TPSA) is 138 Å². The van der Waals surface area contributed by atoms with E-state index in [4.69, 9.17) is 0 Å². The first-order valence-corrected chi connectivity index (χ1v) is 9.20. The third kappa shape index (κ3) is 4.51. The monoisotopic (exact) mass is 392 g/mol. The minimum atomic E-state index is -0.0600. The molecule has 148 valence electrons. The highest BCUT2D eigenvalue weighted by molar-refractivity contribution is 5.87. The zero-order valence-corrected chi connectivity index (χ0v) is 15.6. The molecule has 1 aliphatic heterocycles. The van der Waals surface area contributed by atoms with Gasteiger partial charge in [-0.15, -0.1) is 15.3 Å². The van der Waals surface area contributed by atoms with Gasteiger partial charge in [-0.1, -0.05) is 6.58 Å². The van der Waals surface area contributed by atoms with Crippen molar-refractivity contribution in [1.82, 2.24) is 40.7 Å². The van der Waals surface area contributed by atoms with Crippen LogP contribution < -0.4 is 10.6 Å². The molecule has 0 aliphatic carbocycles. The predicted octanol–water partition coefficient (Wildman–Crippen LogP) is 1.38. The summed E-state index contributed by atoms with van der Waals surface area (Å²) in [4.78, 5) is 18.1. The Hall–Kier alpha value is -3.89. The Morgan fingerprint density at radius 2 is 2.14 bits per heavy atom. The van der Waals surface area contributed by atoms with E-state index >= 15 is 0 Å². The van der Waals surface area contributed by atoms with Gasteiger partial charge in [-0.2, -0.15) is 15.3 Å². The van der Waals surface area contributed by atoms with Crippen LogP contribution in [0, 0.1) is 0 Å². The van der Waals surface area contributed by atoms with E-state index in [0.717, 1.165) is 30.6 Å². The summed E-state index contributed by atoms with van der Waals surface area (Å²) in [7, 11) is 0. The number of H-pyrrole nitrogens is 1. The van der Waals surface area contributed by atoms with Crippen molar-refractivity contribution in [3.8, 4) is 11.4 Å². The van der Waals surface area contributed by atoms with Crippen molar-refractivity contribution in [2.24, 2.45) is 0 Å². The number of anilines is 3. The molecule has 0 bridgehead atoms. The van der Waals surface area contributed by atoms with Gasteiger partial charge in [0, 0.05) is 30.4 Å². The molecule has 2 aromatic heterocycles. The Balaban J connectivity index is 1.40. The largest absolute Gasteiger partial charge is 0.348 e. The molecule has 3 N–H and O–H groups in total. The van der Waals surface area contributed by atoms with Gasteiger partial charge >= 0.3 is 0 Å². The summed E-state index contributed by atoms with van der Waals surface area (Å²) in [5.41, 5.74) is 1.69. The molecule has 11 heteroatoms. The van der Waals surface area contributed by atoms with Crippen molar-refractivity contribution in [2.75, 3.05) is 23.7 Å². The van der Waals surface area contributed by atoms with Gasteiger partial charge in [0.2, 0.25) is 17.7 Å². The van der Waals surface area contributed by atoms with E-state index < -0.39 is 0 Å². The van der Waals surface area contributed by atoms with Crippen molar-refractivity contribution >= 4 is 23.4 Å². The van der Waals surface area contributed by atoms with E-state index in [9.17, 15) is 4.79 Å². The lowest BCUT2D eigenvalue weighted by Gasteiger charge is -2.32. The minimum absolute atomic E-state index is 0.0600. The van der Waals surface area contributed by atoms with Crippen LogP contribution in [0.4, 0.5) is 17.5 Å². The number of nitrogens with one attached hydrogen (secondary N) is 3. The third-order valence-corrected chi connectivity index (χ3v) is 4.56. The van der Waals surface area contributed by atoms with E-state index in [1.807, 2.05) is 24.3 Å². The standard InChI is InChI=1S/C18H20N10O/c1-2-16(29)28-9-3-4-14(11-28)21-18-22-15(10-19-25-18)20-13-7-5-12(6-8-13)17-23-26-27-24-17/h2,5-8,10,14H,1,3-4,9,11H2,(H2,20,21,22,25)(H,23,24,26,27). The number of hydrogen-bond donors (Lipinski definition) is 3. The van der Waals surface area contributed by atoms with Gasteiger partial charge in [0.05, 0.1) is 6.20 Å². The van der Waals surface area contributed by atoms with E-state index in [2.05, 4.69) is 53.0 Å². The molecule has 11 nitrogen and oxygen atoms in total. The van der Waals surface area contributed by atoms with Crippen LogP contribution in [-0.4, -0.2) is 65.7 Å². The van der Waals surface area contributed by atoms with E-state index in [0.29, 0.717) is 24.1 Å². The maximum Gasteiger partial charge on any atom is 0.246 e. The number of aromatic amines is 1. The second-order valence-corrected chi connectivity index (χ2v) is 6.57. The van der Waals surface area contributed by atoms with Gasteiger partial charge in [0.25, 0.3) is 0 Å². The summed E-state index contributed by atoms with van der Waals surface area (Å²) in [6.07, 6.45) is 4.73. The second kappa shape index (κ2) is 8.42. The molecule has 3 aromatic rings. The number of tetrazole rings is 1. The molecule has 0 spiro atoms. The number of hydrogen-bond acceptors (Lipinski definition) is 9. The molecular formula is C18H20N10O. The van der Waals surface area contributed by atoms with Gasteiger partial charge < -0.3 is 15.5 Å². The smallest absolute Gasteiger partial charge is 0.246 e. The van der Waals surface area contributed by atoms with Gasteiger partial charge in [0.1, 0.15) is 0 Å². The first-order valence-electron chi connectivity index (χ1n) is 9.20. The lowest BCUT2D eigenvalue weighted by molar-refractivity contribution is -0.127. The Labute approximate surface area is 166 Å². The van der Waals surface area contributed by atoms with Crippen LogP contribution in [-0.2, 0) is 4.79 Å². The average molecular weight is 392 g/mol. The number of benzene rings is 1. The summed E-state index contributed by atoms with van der Waals surface area (Å²) in [5, 5.41) is 28.4. The van der Waals surface area contributed by atoms with Gasteiger partial charge in [-0.3, -0.25) is 4.79 Å². The maximum absolute atomic E-state index is 11.8. The number of likely N-dealkylation sites (tertiary alicyclic amines) is 1. The van der Waals surface area contributed by atoms with Crippen molar-refractivity contribution < 1.29 is 4.79 Å². The van der Waals surface area contributed by atoms with E-state index in [-0.39, 0.29) is 11.9 Å². The van der Waals surface area contributed by atoms with Gasteiger partial charge in [0.15, 0.2) is 5.82 Å². The van der Waals surface area contributed by atoms with Crippen molar-refractivity contribution in [2.45, 2.75) is 18.9 Å². The highest BCUT2D eigenvalue weighted by Crippen LogP contribution is 2.20. The molecule has 0 radical (unpaired) electrons. The summed E-state index contributed by atoms with van der Waals surface area (Å²) in [6.45, 7) is 4.88. The molecule has 1 aromatic carbocycles. The quantitative estimate of drug-likeness (QED) is 0.531. The first-order chi connectivity index (χ1) is 14.2. The molecule has 29 heavy (non-hydrogen) atoms. The number of rotatable bonds is 6. The summed E-state index contributed by atoms with van der Waals surface area (Å²) >= 11 is 0. The molecule has 4 rings (SSSR count). The molecule has 1 unspecified atom stereocenters. The highest BCUT2D eigenvalue weighted by atomic mass is 16.2. The van der Waals surface area contributed by atoms with Crippen LogP contribution in [0.3, 0.4) is 0 Å². The maximum atomic E-state index is 11.8. The van der Waals surface area contributed by atoms with Crippen molar-refractivity contribution in [3.63, 3.8) is 0 Å². The number of piperidine rings is 1. The molecule has 3 heterocycles. The van der Waals surface area contributed by atoms with E-state index in [1.54, 1.807) is 11.1 Å². The molecule has 1 amide bonds. The number of nitrogens with zero attached hydrogens (tertiary/aromatic N) is 7. The summed E-state index contributed by atoms with van der Waals surface area (Å²) < 4.78 is 0. The number of carbonyl (C=O) groups excluding carboxylic acids is 1.